The Bertz CT molecular complexity index is 1570. The Morgan fingerprint density at radius 1 is 1.00 bits per heavy atom. The number of carbonyl (C=O) groups is 2. The standard InChI is InChI=1S/C32H33N3O6Se/c1-38-23-12-11-21-25(26(23)39-2)35(28(37)41-4)32-22(27(36)40-3)17-29(18-24(32)42-20-9-6-5-7-10-20)13-8-15-34-16-14-30(21,32)31(29,34)19-33/h5-7,9-12,17,24H,8,13-16,18H2,1-4H3/t24?,29-,30+,31-,32-/m0/s1. The molecule has 2 aromatic rings. The number of amides is 1. The van der Waals surface area contributed by atoms with Crippen molar-refractivity contribution in [3.63, 3.8) is 0 Å². The van der Waals surface area contributed by atoms with Crippen LogP contribution in [0, 0.1) is 16.7 Å². The molecule has 3 aliphatic carbocycles. The van der Waals surface area contributed by atoms with Crippen LogP contribution in [0.1, 0.15) is 31.2 Å². The molecule has 2 bridgehead atoms. The summed E-state index contributed by atoms with van der Waals surface area (Å²) in [4.78, 5) is 32.2. The number of esters is 1. The number of anilines is 1. The molecular formula is C32H33N3O6Se. The van der Waals surface area contributed by atoms with Gasteiger partial charge in [0.2, 0.25) is 0 Å². The molecule has 6 aliphatic rings. The predicted molar refractivity (Wildman–Crippen MR) is 155 cm³/mol. The summed E-state index contributed by atoms with van der Waals surface area (Å²) in [5, 5.41) is 11.5. The van der Waals surface area contributed by atoms with E-state index in [1.165, 1.54) is 14.2 Å². The monoisotopic (exact) mass is 635 g/mol. The van der Waals surface area contributed by atoms with E-state index in [2.05, 4.69) is 23.1 Å². The SMILES string of the molecule is COC(=O)C1=C[C@@]23CCCN4CC[C@@]5(c6ccc(OC)c(OC)c6N(C(=O)OC)[C@]15C([Se]c1ccccc1)C2)[C@@]43C#N. The average molecular weight is 635 g/mol. The number of hydrogen-bond acceptors (Lipinski definition) is 8. The quantitative estimate of drug-likeness (QED) is 0.365. The zero-order valence-corrected chi connectivity index (χ0v) is 25.9. The van der Waals surface area contributed by atoms with Gasteiger partial charge in [-0.15, -0.1) is 0 Å². The first-order valence-corrected chi connectivity index (χ1v) is 16.0. The van der Waals surface area contributed by atoms with Gasteiger partial charge in [0.05, 0.1) is 0 Å². The van der Waals surface area contributed by atoms with Crippen molar-refractivity contribution in [2.75, 3.05) is 46.4 Å². The first-order chi connectivity index (χ1) is 20.4. The molecule has 1 unspecified atom stereocenters. The van der Waals surface area contributed by atoms with E-state index in [9.17, 15) is 14.9 Å². The molecule has 3 spiro atoms. The second kappa shape index (κ2) is 9.24. The van der Waals surface area contributed by atoms with E-state index < -0.39 is 34.0 Å². The van der Waals surface area contributed by atoms with Crippen LogP contribution in [0.2, 0.25) is 4.82 Å². The molecule has 0 aromatic heterocycles. The van der Waals surface area contributed by atoms with Crippen LogP contribution in [0.15, 0.2) is 54.1 Å². The van der Waals surface area contributed by atoms with E-state index in [0.29, 0.717) is 42.1 Å². The van der Waals surface area contributed by atoms with Gasteiger partial charge in [-0.25, -0.2) is 0 Å². The summed E-state index contributed by atoms with van der Waals surface area (Å²) in [6.45, 7) is 1.46. The van der Waals surface area contributed by atoms with Gasteiger partial charge >= 0.3 is 252 Å². The number of piperidine rings is 1. The van der Waals surface area contributed by atoms with Crippen molar-refractivity contribution in [3.05, 3.63) is 59.7 Å². The van der Waals surface area contributed by atoms with Crippen molar-refractivity contribution >= 4 is 37.2 Å². The van der Waals surface area contributed by atoms with Gasteiger partial charge in [0.15, 0.2) is 0 Å². The van der Waals surface area contributed by atoms with Crippen LogP contribution in [0.3, 0.4) is 0 Å². The average Bonchev–Trinajstić information content (AvgIpc) is 3.52. The van der Waals surface area contributed by atoms with Crippen molar-refractivity contribution < 1.29 is 28.5 Å². The van der Waals surface area contributed by atoms with Gasteiger partial charge in [0, 0.05) is 0 Å². The molecule has 0 N–H and O–H groups in total. The van der Waals surface area contributed by atoms with Crippen molar-refractivity contribution in [2.24, 2.45) is 5.41 Å². The van der Waals surface area contributed by atoms with Gasteiger partial charge in [-0.05, 0) is 0 Å². The molecule has 8 rings (SSSR count). The summed E-state index contributed by atoms with van der Waals surface area (Å²) < 4.78 is 23.9. The van der Waals surface area contributed by atoms with Crippen LogP contribution in [0.4, 0.5) is 10.5 Å². The Kier molecular flexibility index (Phi) is 6.01. The topological polar surface area (TPSA) is 101 Å². The van der Waals surface area contributed by atoms with Crippen molar-refractivity contribution in [3.8, 4) is 17.6 Å². The second-order valence-electron chi connectivity index (χ2n) is 11.7. The number of fused-ring (bicyclic) bond motifs is 2. The van der Waals surface area contributed by atoms with E-state index in [1.54, 1.807) is 19.1 Å². The summed E-state index contributed by atoms with van der Waals surface area (Å²) in [6, 6.07) is 17.0. The minimum absolute atomic E-state index is 0.173. The van der Waals surface area contributed by atoms with E-state index >= 15 is 0 Å². The third-order valence-corrected chi connectivity index (χ3v) is 13.4. The van der Waals surface area contributed by atoms with E-state index in [0.717, 1.165) is 29.4 Å². The van der Waals surface area contributed by atoms with Crippen LogP contribution in [-0.4, -0.2) is 84.5 Å². The Labute approximate surface area is 251 Å². The number of carbonyl (C=O) groups excluding carboxylic acids is 2. The maximum absolute atomic E-state index is 14.3. The third kappa shape index (κ3) is 2.78. The van der Waals surface area contributed by atoms with E-state index in [4.69, 9.17) is 18.9 Å². The molecule has 0 radical (unpaired) electrons. The number of hydrogen-bond donors (Lipinski definition) is 0. The fourth-order valence-electron chi connectivity index (χ4n) is 9.56. The number of nitrogens with zero attached hydrogens (tertiary/aromatic N) is 3. The Balaban J connectivity index is 1.68. The molecule has 3 fully saturated rings. The molecular weight excluding hydrogens is 601 g/mol. The van der Waals surface area contributed by atoms with E-state index in [1.807, 2.05) is 36.4 Å². The molecule has 3 heterocycles. The number of rotatable bonds is 5. The number of nitriles is 1. The van der Waals surface area contributed by atoms with E-state index in [-0.39, 0.29) is 19.8 Å². The number of methoxy groups -OCH3 is 4. The Hall–Kier alpha value is -3.51. The summed E-state index contributed by atoms with van der Waals surface area (Å²) in [5.41, 5.74) is -2.03. The molecule has 218 valence electrons. The van der Waals surface area contributed by atoms with Crippen molar-refractivity contribution in [2.45, 2.75) is 47.0 Å². The normalized spacial score (nSPS) is 33.5. The Morgan fingerprint density at radius 2 is 1.79 bits per heavy atom. The van der Waals surface area contributed by atoms with Gasteiger partial charge in [0.25, 0.3) is 0 Å². The van der Waals surface area contributed by atoms with Gasteiger partial charge in [-0.1, -0.05) is 0 Å². The third-order valence-electron chi connectivity index (χ3n) is 10.6. The molecule has 3 aliphatic heterocycles. The van der Waals surface area contributed by atoms with Crippen LogP contribution in [0.5, 0.6) is 11.5 Å². The fraction of sp³-hybridized carbons (Fsp3) is 0.469. The molecule has 5 atom stereocenters. The molecule has 42 heavy (non-hydrogen) atoms. The Morgan fingerprint density at radius 3 is 2.45 bits per heavy atom. The molecule has 1 saturated carbocycles. The van der Waals surface area contributed by atoms with Crippen molar-refractivity contribution in [1.82, 2.24) is 4.90 Å². The minimum atomic E-state index is -1.26. The van der Waals surface area contributed by atoms with Crippen LogP contribution in [-0.2, 0) is 19.7 Å². The molecule has 1 amide bonds. The van der Waals surface area contributed by atoms with Gasteiger partial charge in [-0.3, -0.25) is 0 Å². The second-order valence-corrected chi connectivity index (χ2v) is 14.3. The molecule has 2 aromatic carbocycles. The zero-order chi connectivity index (χ0) is 29.5. The summed E-state index contributed by atoms with van der Waals surface area (Å²) in [7, 11) is 5.85. The van der Waals surface area contributed by atoms with Gasteiger partial charge < -0.3 is 0 Å². The van der Waals surface area contributed by atoms with Crippen LogP contribution >= 0.6 is 0 Å². The summed E-state index contributed by atoms with van der Waals surface area (Å²) in [5.74, 6) is 0.359. The zero-order valence-electron chi connectivity index (χ0n) is 24.1. The predicted octanol–water partition coefficient (Wildman–Crippen LogP) is 3.35. The van der Waals surface area contributed by atoms with Gasteiger partial charge in [-0.2, -0.15) is 0 Å². The number of ether oxygens (including phenoxy) is 4. The maximum atomic E-state index is 14.3. The van der Waals surface area contributed by atoms with Crippen LogP contribution in [0.25, 0.3) is 0 Å². The molecule has 10 heteroatoms. The van der Waals surface area contributed by atoms with Crippen molar-refractivity contribution in [1.29, 1.82) is 5.26 Å². The first kappa shape index (κ1) is 27.3. The molecule has 2 saturated heterocycles. The van der Waals surface area contributed by atoms with Gasteiger partial charge in [0.1, 0.15) is 0 Å². The fourth-order valence-corrected chi connectivity index (χ4v) is 13.0. The number of benzene rings is 2. The van der Waals surface area contributed by atoms with Crippen LogP contribution < -0.4 is 18.8 Å². The first-order valence-electron chi connectivity index (χ1n) is 14.2. The molecule has 9 nitrogen and oxygen atoms in total. The summed E-state index contributed by atoms with van der Waals surface area (Å²) >= 11 is -0.188. The summed E-state index contributed by atoms with van der Waals surface area (Å²) in [6.07, 6.45) is 4.36.